The van der Waals surface area contributed by atoms with Crippen molar-refractivity contribution in [2.24, 2.45) is 0 Å². The van der Waals surface area contributed by atoms with Crippen LogP contribution >= 0.6 is 0 Å². The zero-order valence-corrected chi connectivity index (χ0v) is 10.8. The van der Waals surface area contributed by atoms with Gasteiger partial charge >= 0.3 is 0 Å². The number of benzene rings is 1. The number of hydrogen-bond donors (Lipinski definition) is 1. The molecule has 0 saturated carbocycles. The SMILES string of the molecule is C[C@@H]1CCCCN1S(=O)(=O)c1ccccc1N. The van der Waals surface area contributed by atoms with E-state index in [2.05, 4.69) is 0 Å². The van der Waals surface area contributed by atoms with Crippen molar-refractivity contribution in [3.8, 4) is 0 Å². The Labute approximate surface area is 102 Å². The van der Waals surface area contributed by atoms with E-state index in [1.54, 1.807) is 28.6 Å². The average molecular weight is 254 g/mol. The molecule has 0 amide bonds. The summed E-state index contributed by atoms with van der Waals surface area (Å²) in [5, 5.41) is 0. The summed E-state index contributed by atoms with van der Waals surface area (Å²) < 4.78 is 26.5. The van der Waals surface area contributed by atoms with E-state index >= 15 is 0 Å². The molecule has 5 heteroatoms. The fraction of sp³-hybridized carbons (Fsp3) is 0.500. The molecule has 0 aromatic heterocycles. The van der Waals surface area contributed by atoms with E-state index in [0.29, 0.717) is 12.2 Å². The summed E-state index contributed by atoms with van der Waals surface area (Å²) >= 11 is 0. The van der Waals surface area contributed by atoms with E-state index in [0.717, 1.165) is 19.3 Å². The summed E-state index contributed by atoms with van der Waals surface area (Å²) in [6.07, 6.45) is 2.94. The zero-order valence-electron chi connectivity index (χ0n) is 9.96. The van der Waals surface area contributed by atoms with Gasteiger partial charge in [0, 0.05) is 12.6 Å². The van der Waals surface area contributed by atoms with E-state index < -0.39 is 10.0 Å². The third kappa shape index (κ3) is 2.30. The summed E-state index contributed by atoms with van der Waals surface area (Å²) in [6, 6.07) is 6.72. The first-order valence-corrected chi connectivity index (χ1v) is 7.34. The molecule has 4 nitrogen and oxygen atoms in total. The number of anilines is 1. The summed E-state index contributed by atoms with van der Waals surface area (Å²) in [5.41, 5.74) is 6.08. The lowest BCUT2D eigenvalue weighted by molar-refractivity contribution is 0.269. The van der Waals surface area contributed by atoms with Gasteiger partial charge in [0.2, 0.25) is 10.0 Å². The molecule has 1 atom stereocenters. The Hall–Kier alpha value is -1.07. The maximum Gasteiger partial charge on any atom is 0.245 e. The lowest BCUT2D eigenvalue weighted by Crippen LogP contribution is -2.42. The smallest absolute Gasteiger partial charge is 0.245 e. The van der Waals surface area contributed by atoms with Crippen LogP contribution in [0.5, 0.6) is 0 Å². The fourth-order valence-corrected chi connectivity index (χ4v) is 4.09. The number of piperidine rings is 1. The Balaban J connectivity index is 2.39. The van der Waals surface area contributed by atoms with Crippen LogP contribution in [0, 0.1) is 0 Å². The quantitative estimate of drug-likeness (QED) is 0.819. The minimum Gasteiger partial charge on any atom is -0.398 e. The molecule has 0 unspecified atom stereocenters. The van der Waals surface area contributed by atoms with Gasteiger partial charge in [-0.05, 0) is 31.9 Å². The van der Waals surface area contributed by atoms with Crippen LogP contribution in [0.25, 0.3) is 0 Å². The molecule has 1 aliphatic rings. The molecule has 0 aliphatic carbocycles. The maximum atomic E-state index is 12.5. The van der Waals surface area contributed by atoms with Crippen LogP contribution in [0.3, 0.4) is 0 Å². The molecule has 1 aromatic carbocycles. The van der Waals surface area contributed by atoms with Gasteiger partial charge in [-0.2, -0.15) is 4.31 Å². The highest BCUT2D eigenvalue weighted by atomic mass is 32.2. The van der Waals surface area contributed by atoms with Crippen molar-refractivity contribution in [2.75, 3.05) is 12.3 Å². The highest BCUT2D eigenvalue weighted by Gasteiger charge is 2.31. The minimum atomic E-state index is -3.43. The van der Waals surface area contributed by atoms with Crippen molar-refractivity contribution >= 4 is 15.7 Å². The highest BCUT2D eigenvalue weighted by molar-refractivity contribution is 7.89. The standard InChI is InChI=1S/C12H18N2O2S/c1-10-6-4-5-9-14(10)17(15,16)12-8-3-2-7-11(12)13/h2-3,7-8,10H,4-6,9,13H2,1H3/t10-/m1/s1. The van der Waals surface area contributed by atoms with Gasteiger partial charge < -0.3 is 5.73 Å². The van der Waals surface area contributed by atoms with Gasteiger partial charge in [-0.1, -0.05) is 18.6 Å². The first-order chi connectivity index (χ1) is 8.03. The van der Waals surface area contributed by atoms with Gasteiger partial charge in [-0.15, -0.1) is 0 Å². The second-order valence-corrected chi connectivity index (χ2v) is 6.36. The molecular formula is C12H18N2O2S. The van der Waals surface area contributed by atoms with E-state index in [1.165, 1.54) is 0 Å². The van der Waals surface area contributed by atoms with Crippen LogP contribution in [0.1, 0.15) is 26.2 Å². The zero-order chi connectivity index (χ0) is 12.5. The lowest BCUT2D eigenvalue weighted by atomic mass is 10.1. The van der Waals surface area contributed by atoms with E-state index in [1.807, 2.05) is 6.92 Å². The van der Waals surface area contributed by atoms with Gasteiger partial charge in [0.1, 0.15) is 4.90 Å². The Morgan fingerprint density at radius 1 is 1.29 bits per heavy atom. The molecule has 0 bridgehead atoms. The predicted octanol–water partition coefficient (Wildman–Crippen LogP) is 1.83. The van der Waals surface area contributed by atoms with Crippen molar-refractivity contribution in [3.05, 3.63) is 24.3 Å². The van der Waals surface area contributed by atoms with Gasteiger partial charge in [-0.25, -0.2) is 8.42 Å². The fourth-order valence-electron chi connectivity index (χ4n) is 2.27. The average Bonchev–Trinajstić information content (AvgIpc) is 2.29. The molecule has 2 rings (SSSR count). The Kier molecular flexibility index (Phi) is 3.40. The van der Waals surface area contributed by atoms with Crippen molar-refractivity contribution in [1.82, 2.24) is 4.31 Å². The summed E-state index contributed by atoms with van der Waals surface area (Å²) in [6.45, 7) is 2.55. The van der Waals surface area contributed by atoms with Gasteiger partial charge in [0.25, 0.3) is 0 Å². The molecule has 0 radical (unpaired) electrons. The highest BCUT2D eigenvalue weighted by Crippen LogP contribution is 2.27. The molecule has 1 heterocycles. The molecular weight excluding hydrogens is 236 g/mol. The molecule has 0 spiro atoms. The van der Waals surface area contributed by atoms with Crippen LogP contribution in [0.4, 0.5) is 5.69 Å². The second kappa shape index (κ2) is 4.66. The van der Waals surface area contributed by atoms with E-state index in [9.17, 15) is 8.42 Å². The number of rotatable bonds is 2. The second-order valence-electron chi connectivity index (χ2n) is 4.50. The summed E-state index contributed by atoms with van der Waals surface area (Å²) in [4.78, 5) is 0.230. The van der Waals surface area contributed by atoms with Crippen LogP contribution in [0.2, 0.25) is 0 Å². The molecule has 2 N–H and O–H groups in total. The molecule has 1 saturated heterocycles. The van der Waals surface area contributed by atoms with E-state index in [4.69, 9.17) is 5.73 Å². The number of hydrogen-bond acceptors (Lipinski definition) is 3. The molecule has 17 heavy (non-hydrogen) atoms. The molecule has 1 fully saturated rings. The van der Waals surface area contributed by atoms with Crippen molar-refractivity contribution in [1.29, 1.82) is 0 Å². The van der Waals surface area contributed by atoms with Crippen molar-refractivity contribution < 1.29 is 8.42 Å². The summed E-state index contributed by atoms with van der Waals surface area (Å²) in [7, 11) is -3.43. The van der Waals surface area contributed by atoms with Crippen molar-refractivity contribution in [2.45, 2.75) is 37.1 Å². The molecule has 94 valence electrons. The normalized spacial score (nSPS) is 22.5. The number of sulfonamides is 1. The number of nitrogens with two attached hydrogens (primary N) is 1. The monoisotopic (exact) mass is 254 g/mol. The number of nitrogens with zero attached hydrogens (tertiary/aromatic N) is 1. The number of nitrogen functional groups attached to an aromatic ring is 1. The Morgan fingerprint density at radius 2 is 2.00 bits per heavy atom. The summed E-state index contributed by atoms with van der Waals surface area (Å²) in [5.74, 6) is 0. The first kappa shape index (κ1) is 12.4. The van der Waals surface area contributed by atoms with Gasteiger partial charge in [-0.3, -0.25) is 0 Å². The lowest BCUT2D eigenvalue weighted by Gasteiger charge is -2.32. The van der Waals surface area contributed by atoms with Crippen LogP contribution < -0.4 is 5.73 Å². The van der Waals surface area contributed by atoms with Crippen LogP contribution in [0.15, 0.2) is 29.2 Å². The van der Waals surface area contributed by atoms with Gasteiger partial charge in [0.15, 0.2) is 0 Å². The maximum absolute atomic E-state index is 12.5. The molecule has 1 aromatic rings. The molecule has 1 aliphatic heterocycles. The van der Waals surface area contributed by atoms with Gasteiger partial charge in [0.05, 0.1) is 5.69 Å². The topological polar surface area (TPSA) is 63.4 Å². The Morgan fingerprint density at radius 3 is 2.65 bits per heavy atom. The van der Waals surface area contributed by atoms with Crippen LogP contribution in [-0.2, 0) is 10.0 Å². The predicted molar refractivity (Wildman–Crippen MR) is 68.1 cm³/mol. The first-order valence-electron chi connectivity index (χ1n) is 5.90. The Bertz CT molecular complexity index is 499. The van der Waals surface area contributed by atoms with E-state index in [-0.39, 0.29) is 10.9 Å². The third-order valence-electron chi connectivity index (χ3n) is 3.25. The largest absolute Gasteiger partial charge is 0.398 e. The third-order valence-corrected chi connectivity index (χ3v) is 5.34. The van der Waals surface area contributed by atoms with Crippen LogP contribution in [-0.4, -0.2) is 25.3 Å². The number of para-hydroxylation sites is 1. The minimum absolute atomic E-state index is 0.0633. The van der Waals surface area contributed by atoms with Crippen molar-refractivity contribution in [3.63, 3.8) is 0 Å².